The molecular formula is C20H16N2O4. The molecule has 0 unspecified atom stereocenters. The predicted molar refractivity (Wildman–Crippen MR) is 92.6 cm³/mol. The van der Waals surface area contributed by atoms with E-state index < -0.39 is 5.91 Å². The van der Waals surface area contributed by atoms with E-state index in [0.717, 1.165) is 22.2 Å². The number of nitrogens with one attached hydrogen (secondary N) is 1. The quantitative estimate of drug-likeness (QED) is 0.642. The summed E-state index contributed by atoms with van der Waals surface area (Å²) in [6, 6.07) is 10.4. The molecule has 1 saturated carbocycles. The van der Waals surface area contributed by atoms with E-state index in [4.69, 9.17) is 0 Å². The zero-order chi connectivity index (χ0) is 18.0. The van der Waals surface area contributed by atoms with Crippen LogP contribution in [0.1, 0.15) is 16.8 Å². The normalized spacial score (nSPS) is 28.8. The number of rotatable bonds is 2. The number of phenols is 1. The van der Waals surface area contributed by atoms with E-state index in [0.29, 0.717) is 0 Å². The van der Waals surface area contributed by atoms with Gasteiger partial charge in [0.05, 0.1) is 17.4 Å². The van der Waals surface area contributed by atoms with Crippen LogP contribution in [0.3, 0.4) is 0 Å². The van der Waals surface area contributed by atoms with Crippen LogP contribution in [0, 0.1) is 23.7 Å². The van der Waals surface area contributed by atoms with Gasteiger partial charge in [-0.1, -0.05) is 36.4 Å². The molecule has 2 aliphatic carbocycles. The third kappa shape index (κ3) is 1.95. The lowest BCUT2D eigenvalue weighted by Crippen LogP contribution is -2.47. The van der Waals surface area contributed by atoms with Crippen molar-refractivity contribution in [2.24, 2.45) is 23.7 Å². The molecule has 3 amide bonds. The van der Waals surface area contributed by atoms with Crippen LogP contribution < -0.4 is 5.43 Å². The summed E-state index contributed by atoms with van der Waals surface area (Å²) in [5.74, 6) is -2.16. The van der Waals surface area contributed by atoms with Crippen molar-refractivity contribution >= 4 is 28.5 Å². The molecule has 1 saturated heterocycles. The lowest BCUT2D eigenvalue weighted by molar-refractivity contribution is -0.143. The maximum atomic E-state index is 12.6. The molecule has 3 aliphatic rings. The summed E-state index contributed by atoms with van der Waals surface area (Å²) in [5.41, 5.74) is 2.44. The van der Waals surface area contributed by atoms with Gasteiger partial charge in [-0.15, -0.1) is 0 Å². The van der Waals surface area contributed by atoms with E-state index in [9.17, 15) is 19.5 Å². The fraction of sp³-hybridized carbons (Fsp3) is 0.250. The summed E-state index contributed by atoms with van der Waals surface area (Å²) < 4.78 is 0. The van der Waals surface area contributed by atoms with E-state index in [1.54, 1.807) is 6.07 Å². The molecular weight excluding hydrogens is 332 g/mol. The topological polar surface area (TPSA) is 86.7 Å². The van der Waals surface area contributed by atoms with Gasteiger partial charge in [0.2, 0.25) is 0 Å². The number of carbonyl (C=O) groups excluding carboxylic acids is 3. The Morgan fingerprint density at radius 3 is 2.19 bits per heavy atom. The van der Waals surface area contributed by atoms with E-state index >= 15 is 0 Å². The Bertz CT molecular complexity index is 982. The molecule has 2 aromatic carbocycles. The van der Waals surface area contributed by atoms with E-state index in [1.165, 1.54) is 6.07 Å². The second-order valence-corrected chi connectivity index (χ2v) is 7.17. The Morgan fingerprint density at radius 2 is 1.58 bits per heavy atom. The largest absolute Gasteiger partial charge is 0.507 e. The molecule has 0 aromatic heterocycles. The fourth-order valence-corrected chi connectivity index (χ4v) is 4.58. The van der Waals surface area contributed by atoms with Gasteiger partial charge in [-0.3, -0.25) is 19.8 Å². The highest BCUT2D eigenvalue weighted by Crippen LogP contribution is 2.52. The average molecular weight is 348 g/mol. The zero-order valence-electron chi connectivity index (χ0n) is 13.8. The van der Waals surface area contributed by atoms with Crippen molar-refractivity contribution in [1.29, 1.82) is 0 Å². The van der Waals surface area contributed by atoms with E-state index in [-0.39, 0.29) is 46.8 Å². The van der Waals surface area contributed by atoms with Gasteiger partial charge in [0.25, 0.3) is 17.7 Å². The molecule has 1 aliphatic heterocycles. The van der Waals surface area contributed by atoms with Crippen molar-refractivity contribution in [3.05, 3.63) is 54.1 Å². The minimum absolute atomic E-state index is 0.0301. The molecule has 2 aromatic rings. The number of hydrazine groups is 1. The number of imide groups is 1. The molecule has 0 radical (unpaired) electrons. The van der Waals surface area contributed by atoms with Gasteiger partial charge in [-0.25, -0.2) is 0 Å². The van der Waals surface area contributed by atoms with E-state index in [2.05, 4.69) is 5.43 Å². The summed E-state index contributed by atoms with van der Waals surface area (Å²) >= 11 is 0. The number of amides is 3. The summed E-state index contributed by atoms with van der Waals surface area (Å²) in [5, 5.41) is 12.6. The number of benzene rings is 2. The Balaban J connectivity index is 1.44. The van der Waals surface area contributed by atoms with Crippen LogP contribution in [0.2, 0.25) is 0 Å². The second-order valence-electron chi connectivity index (χ2n) is 7.17. The highest BCUT2D eigenvalue weighted by Gasteiger charge is 2.59. The molecule has 6 nitrogen and oxygen atoms in total. The standard InChI is InChI=1S/C20H16N2O4/c23-15-9-11-4-2-1-3-10(11)8-14(15)18(24)21-22-19(25)16-12-5-6-13(7-12)17(16)20(22)26/h1-6,8-9,12-13,16-17,23H,7H2,(H,21,24)/t12-,13-,16-,17-/m0/s1. The number of hydrogen-bond acceptors (Lipinski definition) is 4. The monoisotopic (exact) mass is 348 g/mol. The van der Waals surface area contributed by atoms with Gasteiger partial charge in [0, 0.05) is 0 Å². The fourth-order valence-electron chi connectivity index (χ4n) is 4.58. The molecule has 5 rings (SSSR count). The second kappa shape index (κ2) is 5.17. The summed E-state index contributed by atoms with van der Waals surface area (Å²) in [7, 11) is 0. The van der Waals surface area contributed by atoms with Gasteiger partial charge in [-0.05, 0) is 41.2 Å². The van der Waals surface area contributed by atoms with Gasteiger partial charge >= 0.3 is 0 Å². The van der Waals surface area contributed by atoms with Crippen LogP contribution in [-0.2, 0) is 9.59 Å². The first-order chi connectivity index (χ1) is 12.5. The highest BCUT2D eigenvalue weighted by molar-refractivity contribution is 6.09. The van der Waals surface area contributed by atoms with Crippen molar-refractivity contribution in [2.75, 3.05) is 0 Å². The molecule has 2 N–H and O–H groups in total. The summed E-state index contributed by atoms with van der Waals surface area (Å²) in [4.78, 5) is 37.9. The van der Waals surface area contributed by atoms with Crippen molar-refractivity contribution in [2.45, 2.75) is 6.42 Å². The summed E-state index contributed by atoms with van der Waals surface area (Å²) in [6.07, 6.45) is 4.83. The van der Waals surface area contributed by atoms with Crippen LogP contribution in [0.25, 0.3) is 10.8 Å². The average Bonchev–Trinajstić information content (AvgIpc) is 3.31. The van der Waals surface area contributed by atoms with Crippen LogP contribution in [0.5, 0.6) is 5.75 Å². The number of carbonyl (C=O) groups is 3. The third-order valence-corrected chi connectivity index (χ3v) is 5.79. The third-order valence-electron chi connectivity index (χ3n) is 5.79. The Labute approximate surface area is 149 Å². The molecule has 0 spiro atoms. The van der Waals surface area contributed by atoms with Crippen LogP contribution in [0.4, 0.5) is 0 Å². The zero-order valence-corrected chi connectivity index (χ0v) is 13.8. The number of nitrogens with zero attached hydrogens (tertiary/aromatic N) is 1. The van der Waals surface area contributed by atoms with Gasteiger partial charge < -0.3 is 5.11 Å². The molecule has 2 bridgehead atoms. The van der Waals surface area contributed by atoms with Gasteiger partial charge in [0.1, 0.15) is 5.75 Å². The lowest BCUT2D eigenvalue weighted by Gasteiger charge is -2.18. The number of hydrogen-bond donors (Lipinski definition) is 2. The Morgan fingerprint density at radius 1 is 1.00 bits per heavy atom. The molecule has 1 heterocycles. The minimum Gasteiger partial charge on any atom is -0.507 e. The number of phenolic OH excluding ortho intramolecular Hbond substituents is 1. The van der Waals surface area contributed by atoms with Gasteiger partial charge in [0.15, 0.2) is 0 Å². The SMILES string of the molecule is O=C(NN1C(=O)[C@@H]2[C@@H](C1=O)[C@H]1C=C[C@H]2C1)c1cc2ccccc2cc1O. The highest BCUT2D eigenvalue weighted by atomic mass is 16.3. The molecule has 6 heteroatoms. The van der Waals surface area contributed by atoms with Crippen molar-refractivity contribution in [3.63, 3.8) is 0 Å². The number of aromatic hydroxyl groups is 1. The first-order valence-electron chi connectivity index (χ1n) is 8.63. The maximum absolute atomic E-state index is 12.6. The van der Waals surface area contributed by atoms with Gasteiger partial charge in [-0.2, -0.15) is 5.01 Å². The van der Waals surface area contributed by atoms with Crippen LogP contribution >= 0.6 is 0 Å². The van der Waals surface area contributed by atoms with Crippen LogP contribution in [0.15, 0.2) is 48.6 Å². The van der Waals surface area contributed by atoms with E-state index in [1.807, 2.05) is 36.4 Å². The molecule has 130 valence electrons. The number of fused-ring (bicyclic) bond motifs is 6. The minimum atomic E-state index is -0.671. The van der Waals surface area contributed by atoms with Crippen molar-refractivity contribution in [1.82, 2.24) is 10.4 Å². The Kier molecular flexibility index (Phi) is 3.01. The molecule has 26 heavy (non-hydrogen) atoms. The van der Waals surface area contributed by atoms with Crippen LogP contribution in [-0.4, -0.2) is 27.8 Å². The summed E-state index contributed by atoms with van der Waals surface area (Å²) in [6.45, 7) is 0. The first-order valence-corrected chi connectivity index (χ1v) is 8.63. The predicted octanol–water partition coefficient (Wildman–Crippen LogP) is 2.00. The molecule has 2 fully saturated rings. The smallest absolute Gasteiger partial charge is 0.274 e. The van der Waals surface area contributed by atoms with Crippen molar-refractivity contribution < 1.29 is 19.5 Å². The first kappa shape index (κ1) is 15.1. The molecule has 4 atom stereocenters. The lowest BCUT2D eigenvalue weighted by atomic mass is 9.85. The number of allylic oxidation sites excluding steroid dienone is 2. The maximum Gasteiger partial charge on any atom is 0.274 e. The Hall–Kier alpha value is -3.15. The van der Waals surface area contributed by atoms with Crippen molar-refractivity contribution in [3.8, 4) is 5.75 Å².